The van der Waals surface area contributed by atoms with Crippen molar-refractivity contribution in [3.63, 3.8) is 0 Å². The van der Waals surface area contributed by atoms with E-state index in [0.29, 0.717) is 27.9 Å². The van der Waals surface area contributed by atoms with Crippen molar-refractivity contribution in [3.8, 4) is 22.6 Å². The summed E-state index contributed by atoms with van der Waals surface area (Å²) in [6.45, 7) is 10.4. The molecule has 0 aliphatic carbocycles. The third kappa shape index (κ3) is 6.16. The predicted molar refractivity (Wildman–Crippen MR) is 154 cm³/mol. The van der Waals surface area contributed by atoms with Crippen molar-refractivity contribution in [1.82, 2.24) is 4.57 Å². The van der Waals surface area contributed by atoms with E-state index in [-0.39, 0.29) is 36.2 Å². The molecular weight excluding hydrogens is 528 g/mol. The Labute approximate surface area is 241 Å². The number of ether oxygens (including phenoxy) is 1. The van der Waals surface area contributed by atoms with Crippen molar-refractivity contribution in [1.29, 1.82) is 0 Å². The molecule has 4 aromatic rings. The van der Waals surface area contributed by atoms with Crippen molar-refractivity contribution in [3.05, 3.63) is 83.6 Å². The van der Waals surface area contributed by atoms with Gasteiger partial charge in [0.1, 0.15) is 18.0 Å². The highest BCUT2D eigenvalue weighted by molar-refractivity contribution is 6.01. The highest BCUT2D eigenvalue weighted by Gasteiger charge is 2.33. The minimum Gasteiger partial charge on any atom is -1.00 e. The van der Waals surface area contributed by atoms with Gasteiger partial charge in [0.15, 0.2) is 0 Å². The lowest BCUT2D eigenvalue weighted by molar-refractivity contribution is -0.830. The molecule has 0 saturated heterocycles. The Morgan fingerprint density at radius 2 is 1.48 bits per heavy atom. The zero-order valence-corrected chi connectivity index (χ0v) is 24.8. The fraction of sp³-hybridized carbons (Fsp3) is 0.312. The number of hydrogen-bond acceptors (Lipinski definition) is 3. The molecule has 1 aromatic heterocycles. The van der Waals surface area contributed by atoms with Gasteiger partial charge in [0.25, 0.3) is 0 Å². The molecule has 1 heterocycles. The number of nitrogens with zero attached hydrogens (tertiary/aromatic N) is 2. The lowest BCUT2D eigenvalue weighted by atomic mass is 9.86. The van der Waals surface area contributed by atoms with Crippen LogP contribution >= 0.6 is 0 Å². The van der Waals surface area contributed by atoms with Gasteiger partial charge in [-0.25, -0.2) is 9.28 Å². The van der Waals surface area contributed by atoms with Crippen LogP contribution in [0.25, 0.3) is 27.7 Å². The summed E-state index contributed by atoms with van der Waals surface area (Å²) in [7, 11) is 3.12. The maximum atomic E-state index is 12.7. The second kappa shape index (κ2) is 11.4. The monoisotopic (exact) mass is 564 g/mol. The van der Waals surface area contributed by atoms with Crippen LogP contribution in [0.15, 0.2) is 66.7 Å². The van der Waals surface area contributed by atoms with E-state index in [0.717, 1.165) is 11.1 Å². The molecule has 0 fully saturated rings. The summed E-state index contributed by atoms with van der Waals surface area (Å²) in [4.78, 5) is 24.8. The van der Waals surface area contributed by atoms with Crippen molar-refractivity contribution < 1.29 is 41.4 Å². The molecule has 0 unspecified atom stereocenters. The standard InChI is InChI=1S/C32H36N2O5.ClH/c1-20(2)39-25-15-13-24(14-16-25)33-28-17-10-22(21-8-11-23(12-9-21)32(3,4)5)18-26(28)27(29(33)30(35)36)19-34(6,7)31(37)38;/h8-18,20H,19H2,1-7H3,(H-,35,36,37,38);1H. The number of aromatic nitrogens is 1. The summed E-state index contributed by atoms with van der Waals surface area (Å²) in [6.07, 6.45) is -1.03. The van der Waals surface area contributed by atoms with E-state index in [2.05, 4.69) is 45.0 Å². The van der Waals surface area contributed by atoms with Crippen LogP contribution in [0.5, 0.6) is 5.75 Å². The second-order valence-electron chi connectivity index (χ2n) is 11.8. The van der Waals surface area contributed by atoms with E-state index >= 15 is 0 Å². The Morgan fingerprint density at radius 1 is 0.900 bits per heavy atom. The maximum Gasteiger partial charge on any atom is 0.513 e. The number of hydrogen-bond donors (Lipinski definition) is 2. The molecule has 4 rings (SSSR count). The molecule has 1 amide bonds. The molecule has 0 spiro atoms. The van der Waals surface area contributed by atoms with Crippen molar-refractivity contribution in [2.24, 2.45) is 0 Å². The maximum absolute atomic E-state index is 12.7. The van der Waals surface area contributed by atoms with Gasteiger partial charge in [0.2, 0.25) is 0 Å². The van der Waals surface area contributed by atoms with Gasteiger partial charge in [-0.2, -0.15) is 4.79 Å². The Balaban J connectivity index is 0.00000441. The molecule has 40 heavy (non-hydrogen) atoms. The predicted octanol–water partition coefficient (Wildman–Crippen LogP) is 4.34. The third-order valence-corrected chi connectivity index (χ3v) is 6.90. The summed E-state index contributed by atoms with van der Waals surface area (Å²) >= 11 is 0. The number of carboxylic acids is 1. The van der Waals surface area contributed by atoms with Crippen LogP contribution in [-0.2, 0) is 12.0 Å². The van der Waals surface area contributed by atoms with E-state index in [1.807, 2.05) is 56.3 Å². The zero-order valence-electron chi connectivity index (χ0n) is 24.0. The number of halogens is 1. The highest BCUT2D eigenvalue weighted by atomic mass is 35.5. The normalized spacial score (nSPS) is 11.9. The number of quaternary nitrogens is 1. The SMILES string of the molecule is CC(C)Oc1ccc(-n2c(C(=O)O)c(C[N+](C)(C)C(=O)O)c3cc(-c4ccc(C(C)(C)C)cc4)ccc32)cc1.[Cl-]. The average Bonchev–Trinajstić information content (AvgIpc) is 3.16. The summed E-state index contributed by atoms with van der Waals surface area (Å²) in [5, 5.41) is 21.0. The van der Waals surface area contributed by atoms with E-state index in [9.17, 15) is 19.8 Å². The Morgan fingerprint density at radius 3 is 1.98 bits per heavy atom. The van der Waals surface area contributed by atoms with E-state index in [1.54, 1.807) is 18.7 Å². The van der Waals surface area contributed by atoms with E-state index in [4.69, 9.17) is 4.74 Å². The van der Waals surface area contributed by atoms with Crippen molar-refractivity contribution in [2.75, 3.05) is 14.1 Å². The zero-order chi connectivity index (χ0) is 28.7. The molecular formula is C32H37ClN2O5. The lowest BCUT2D eigenvalue weighted by Crippen LogP contribution is -3.00. The number of benzene rings is 3. The van der Waals surface area contributed by atoms with Crippen LogP contribution in [0.3, 0.4) is 0 Å². The Bertz CT molecular complexity index is 1530. The molecule has 0 atom stereocenters. The molecule has 0 radical (unpaired) electrons. The second-order valence-corrected chi connectivity index (χ2v) is 11.8. The van der Waals surface area contributed by atoms with Gasteiger partial charge in [-0.05, 0) is 72.4 Å². The van der Waals surface area contributed by atoms with E-state index < -0.39 is 16.5 Å². The molecule has 3 aromatic carbocycles. The first-order valence-corrected chi connectivity index (χ1v) is 13.0. The molecule has 0 aliphatic rings. The van der Waals surface area contributed by atoms with Crippen LogP contribution in [-0.4, -0.2) is 51.5 Å². The van der Waals surface area contributed by atoms with Gasteiger partial charge in [0.05, 0.1) is 25.7 Å². The summed E-state index contributed by atoms with van der Waals surface area (Å²) in [5.74, 6) is -0.433. The van der Waals surface area contributed by atoms with Crippen molar-refractivity contribution >= 4 is 23.0 Å². The van der Waals surface area contributed by atoms with Crippen molar-refractivity contribution in [2.45, 2.75) is 52.7 Å². The van der Waals surface area contributed by atoms with E-state index in [1.165, 1.54) is 5.56 Å². The minimum atomic E-state index is -1.12. The highest BCUT2D eigenvalue weighted by Crippen LogP contribution is 2.36. The van der Waals surface area contributed by atoms with Gasteiger partial charge in [-0.1, -0.05) is 51.1 Å². The Hall–Kier alpha value is -3.81. The summed E-state index contributed by atoms with van der Waals surface area (Å²) in [6, 6.07) is 21.5. The number of fused-ring (bicyclic) bond motifs is 1. The minimum absolute atomic E-state index is 0. The van der Waals surface area contributed by atoms with Gasteiger partial charge < -0.3 is 31.9 Å². The van der Waals surface area contributed by atoms with Gasteiger partial charge >= 0.3 is 12.1 Å². The van der Waals surface area contributed by atoms with Crippen LogP contribution < -0.4 is 17.1 Å². The molecule has 7 nitrogen and oxygen atoms in total. The molecule has 2 N–H and O–H groups in total. The third-order valence-electron chi connectivity index (χ3n) is 6.90. The van der Waals surface area contributed by atoms with Crippen LogP contribution in [0.4, 0.5) is 4.79 Å². The fourth-order valence-electron chi connectivity index (χ4n) is 4.76. The van der Waals surface area contributed by atoms with Gasteiger partial charge in [-0.15, -0.1) is 0 Å². The lowest BCUT2D eigenvalue weighted by Gasteiger charge is -2.23. The molecule has 0 aliphatic heterocycles. The van der Waals surface area contributed by atoms with Gasteiger partial charge in [-0.3, -0.25) is 0 Å². The first kappa shape index (κ1) is 30.7. The molecule has 212 valence electrons. The number of aromatic carboxylic acids is 1. The van der Waals surface area contributed by atoms with Gasteiger partial charge in [0, 0.05) is 16.6 Å². The topological polar surface area (TPSA) is 88.8 Å². The fourth-order valence-corrected chi connectivity index (χ4v) is 4.76. The molecule has 0 saturated carbocycles. The molecule has 0 bridgehead atoms. The number of carboxylic acid groups (broad SMARTS) is 2. The number of carbonyl (C=O) groups is 2. The largest absolute Gasteiger partial charge is 1.00 e. The average molecular weight is 565 g/mol. The van der Waals surface area contributed by atoms with Crippen LogP contribution in [0.1, 0.15) is 56.2 Å². The smallest absolute Gasteiger partial charge is 0.513 e. The summed E-state index contributed by atoms with van der Waals surface area (Å²) < 4.78 is 7.05. The number of rotatable bonds is 7. The van der Waals surface area contributed by atoms with Crippen LogP contribution in [0.2, 0.25) is 0 Å². The first-order chi connectivity index (χ1) is 18.2. The first-order valence-electron chi connectivity index (χ1n) is 13.0. The summed E-state index contributed by atoms with van der Waals surface area (Å²) in [5.41, 5.74) is 5.05. The Kier molecular flexibility index (Phi) is 8.72. The number of amides is 1. The quantitative estimate of drug-likeness (QED) is 0.326. The molecule has 8 heteroatoms. The van der Waals surface area contributed by atoms with Crippen LogP contribution in [0, 0.1) is 0 Å².